The number of hydrogen-bond donors (Lipinski definition) is 1. The zero-order valence-corrected chi connectivity index (χ0v) is 11.3. The van der Waals surface area contributed by atoms with Gasteiger partial charge in [0.05, 0.1) is 5.75 Å². The van der Waals surface area contributed by atoms with Gasteiger partial charge in [0.15, 0.2) is 0 Å². The van der Waals surface area contributed by atoms with Crippen LogP contribution in [0.5, 0.6) is 0 Å². The van der Waals surface area contributed by atoms with Crippen LogP contribution in [0.2, 0.25) is 0 Å². The van der Waals surface area contributed by atoms with Crippen molar-refractivity contribution < 1.29 is 0 Å². The second kappa shape index (κ2) is 6.24. The molecule has 94 valence electrons. The van der Waals surface area contributed by atoms with Crippen LogP contribution in [-0.4, -0.2) is 15.2 Å². The molecule has 0 aromatic carbocycles. The van der Waals surface area contributed by atoms with Gasteiger partial charge in [0.25, 0.3) is 0 Å². The van der Waals surface area contributed by atoms with E-state index in [2.05, 4.69) is 16.9 Å². The minimum absolute atomic E-state index is 0.616. The van der Waals surface area contributed by atoms with Crippen molar-refractivity contribution in [1.29, 1.82) is 0 Å². The van der Waals surface area contributed by atoms with E-state index < -0.39 is 0 Å². The van der Waals surface area contributed by atoms with Gasteiger partial charge in [-0.2, -0.15) is 11.8 Å². The first-order valence-electron chi connectivity index (χ1n) is 6.52. The summed E-state index contributed by atoms with van der Waals surface area (Å²) in [5, 5.41) is 0.814. The summed E-state index contributed by atoms with van der Waals surface area (Å²) in [4.78, 5) is 8.90. The van der Waals surface area contributed by atoms with E-state index in [1.807, 2.05) is 17.8 Å². The lowest BCUT2D eigenvalue weighted by atomic mass is 10.2. The number of nitrogens with zero attached hydrogens (tertiary/aromatic N) is 2. The molecule has 0 saturated heterocycles. The molecule has 1 fully saturated rings. The molecule has 4 heteroatoms. The third-order valence-electron chi connectivity index (χ3n) is 3.10. The summed E-state index contributed by atoms with van der Waals surface area (Å²) in [6, 6.07) is 1.90. The molecule has 1 saturated carbocycles. The smallest absolute Gasteiger partial charge is 0.140 e. The van der Waals surface area contributed by atoms with E-state index in [1.165, 1.54) is 25.7 Å². The van der Waals surface area contributed by atoms with Crippen molar-refractivity contribution in [2.75, 3.05) is 5.73 Å². The van der Waals surface area contributed by atoms with E-state index >= 15 is 0 Å². The van der Waals surface area contributed by atoms with Crippen molar-refractivity contribution in [2.24, 2.45) is 0 Å². The van der Waals surface area contributed by atoms with Crippen LogP contribution >= 0.6 is 11.8 Å². The van der Waals surface area contributed by atoms with Crippen LogP contribution in [0.25, 0.3) is 0 Å². The van der Waals surface area contributed by atoms with Gasteiger partial charge in [0.2, 0.25) is 0 Å². The molecular formula is C13H21N3S. The maximum absolute atomic E-state index is 5.81. The van der Waals surface area contributed by atoms with Crippen LogP contribution in [-0.2, 0) is 12.2 Å². The Morgan fingerprint density at radius 1 is 1.35 bits per heavy atom. The summed E-state index contributed by atoms with van der Waals surface area (Å²) < 4.78 is 0. The first-order chi connectivity index (χ1) is 8.28. The van der Waals surface area contributed by atoms with Crippen LogP contribution < -0.4 is 5.73 Å². The van der Waals surface area contributed by atoms with Crippen molar-refractivity contribution in [1.82, 2.24) is 9.97 Å². The largest absolute Gasteiger partial charge is 0.384 e. The van der Waals surface area contributed by atoms with E-state index in [1.54, 1.807) is 0 Å². The van der Waals surface area contributed by atoms with Crippen molar-refractivity contribution >= 4 is 17.6 Å². The van der Waals surface area contributed by atoms with Crippen LogP contribution in [0.15, 0.2) is 6.07 Å². The van der Waals surface area contributed by atoms with E-state index in [0.717, 1.165) is 35.4 Å². The fourth-order valence-electron chi connectivity index (χ4n) is 2.27. The molecule has 0 radical (unpaired) electrons. The zero-order valence-electron chi connectivity index (χ0n) is 10.5. The molecule has 0 amide bonds. The molecule has 1 aliphatic carbocycles. The normalized spacial score (nSPS) is 16.5. The number of nitrogens with two attached hydrogens (primary N) is 1. The topological polar surface area (TPSA) is 51.8 Å². The summed E-state index contributed by atoms with van der Waals surface area (Å²) >= 11 is 1.99. The minimum atomic E-state index is 0.616. The van der Waals surface area contributed by atoms with Crippen molar-refractivity contribution in [2.45, 2.75) is 56.5 Å². The van der Waals surface area contributed by atoms with Gasteiger partial charge < -0.3 is 5.73 Å². The molecular weight excluding hydrogens is 230 g/mol. The first kappa shape index (κ1) is 12.7. The second-order valence-electron chi connectivity index (χ2n) is 4.67. The number of rotatable bonds is 5. The van der Waals surface area contributed by atoms with Gasteiger partial charge in [0.1, 0.15) is 11.6 Å². The summed E-state index contributed by atoms with van der Waals surface area (Å²) in [5.74, 6) is 2.43. The van der Waals surface area contributed by atoms with E-state index in [4.69, 9.17) is 5.73 Å². The highest BCUT2D eigenvalue weighted by atomic mass is 32.2. The highest BCUT2D eigenvalue weighted by Crippen LogP contribution is 2.31. The Morgan fingerprint density at radius 3 is 2.82 bits per heavy atom. The van der Waals surface area contributed by atoms with Crippen molar-refractivity contribution in [3.63, 3.8) is 0 Å². The Balaban J connectivity index is 1.94. The SMILES string of the molecule is CCCc1cc(N)nc(CSC2CCCC2)n1. The van der Waals surface area contributed by atoms with E-state index in [-0.39, 0.29) is 0 Å². The second-order valence-corrected chi connectivity index (χ2v) is 5.96. The third kappa shape index (κ3) is 3.87. The lowest BCUT2D eigenvalue weighted by molar-refractivity contribution is 0.853. The average molecular weight is 251 g/mol. The highest BCUT2D eigenvalue weighted by molar-refractivity contribution is 7.99. The maximum atomic E-state index is 5.81. The molecule has 2 rings (SSSR count). The molecule has 0 bridgehead atoms. The molecule has 1 aliphatic rings. The fourth-order valence-corrected chi connectivity index (χ4v) is 3.45. The third-order valence-corrected chi connectivity index (χ3v) is 4.47. The molecule has 1 aromatic rings. The highest BCUT2D eigenvalue weighted by Gasteiger charge is 2.16. The van der Waals surface area contributed by atoms with Gasteiger partial charge in [-0.15, -0.1) is 0 Å². The molecule has 0 atom stereocenters. The maximum Gasteiger partial charge on any atom is 0.140 e. The monoisotopic (exact) mass is 251 g/mol. The number of aryl methyl sites for hydroxylation is 1. The number of nitrogen functional groups attached to an aromatic ring is 1. The first-order valence-corrected chi connectivity index (χ1v) is 7.56. The Bertz CT molecular complexity index is 362. The summed E-state index contributed by atoms with van der Waals surface area (Å²) in [5.41, 5.74) is 6.90. The zero-order chi connectivity index (χ0) is 12.1. The Morgan fingerprint density at radius 2 is 2.12 bits per heavy atom. The lowest BCUT2D eigenvalue weighted by Gasteiger charge is -2.09. The number of thioether (sulfide) groups is 1. The van der Waals surface area contributed by atoms with Gasteiger partial charge in [-0.05, 0) is 19.3 Å². The fraction of sp³-hybridized carbons (Fsp3) is 0.692. The molecule has 1 aromatic heterocycles. The molecule has 0 aliphatic heterocycles. The van der Waals surface area contributed by atoms with Crippen LogP contribution in [0.4, 0.5) is 5.82 Å². The molecule has 2 N–H and O–H groups in total. The predicted octanol–water partition coefficient (Wildman–Crippen LogP) is 3.19. The van der Waals surface area contributed by atoms with Gasteiger partial charge >= 0.3 is 0 Å². The Hall–Kier alpha value is -0.770. The summed E-state index contributed by atoms with van der Waals surface area (Å²) in [7, 11) is 0. The van der Waals surface area contributed by atoms with Crippen LogP contribution in [0.3, 0.4) is 0 Å². The molecule has 0 spiro atoms. The molecule has 17 heavy (non-hydrogen) atoms. The predicted molar refractivity (Wildman–Crippen MR) is 74.0 cm³/mol. The summed E-state index contributed by atoms with van der Waals surface area (Å²) in [6.45, 7) is 2.16. The average Bonchev–Trinajstić information content (AvgIpc) is 2.79. The number of anilines is 1. The standard InChI is InChI=1S/C13H21N3S/c1-2-5-10-8-12(14)16-13(15-10)9-17-11-6-3-4-7-11/h8,11H,2-7,9H2,1H3,(H2,14,15,16). The van der Waals surface area contributed by atoms with Crippen molar-refractivity contribution in [3.8, 4) is 0 Å². The molecule has 3 nitrogen and oxygen atoms in total. The van der Waals surface area contributed by atoms with Gasteiger partial charge in [0, 0.05) is 17.0 Å². The van der Waals surface area contributed by atoms with Gasteiger partial charge in [-0.3, -0.25) is 0 Å². The lowest BCUT2D eigenvalue weighted by Crippen LogP contribution is -2.04. The number of hydrogen-bond acceptors (Lipinski definition) is 4. The van der Waals surface area contributed by atoms with Crippen LogP contribution in [0, 0.1) is 0 Å². The Labute approximate surface area is 108 Å². The van der Waals surface area contributed by atoms with Crippen molar-refractivity contribution in [3.05, 3.63) is 17.6 Å². The quantitative estimate of drug-likeness (QED) is 0.873. The van der Waals surface area contributed by atoms with E-state index in [0.29, 0.717) is 5.82 Å². The molecule has 0 unspecified atom stereocenters. The number of aromatic nitrogens is 2. The minimum Gasteiger partial charge on any atom is -0.384 e. The Kier molecular flexibility index (Phi) is 4.66. The van der Waals surface area contributed by atoms with Gasteiger partial charge in [-0.25, -0.2) is 9.97 Å². The van der Waals surface area contributed by atoms with Gasteiger partial charge in [-0.1, -0.05) is 26.2 Å². The summed E-state index contributed by atoms with van der Waals surface area (Å²) in [6.07, 6.45) is 7.58. The van der Waals surface area contributed by atoms with Crippen LogP contribution in [0.1, 0.15) is 50.5 Å². The van der Waals surface area contributed by atoms with E-state index in [9.17, 15) is 0 Å². The molecule has 1 heterocycles.